The molecule has 0 bridgehead atoms. The summed E-state index contributed by atoms with van der Waals surface area (Å²) < 4.78 is 4.66. The van der Waals surface area contributed by atoms with Gasteiger partial charge in [0, 0.05) is 0 Å². The summed E-state index contributed by atoms with van der Waals surface area (Å²) in [4.78, 5) is 24.5. The molecule has 3 N–H and O–H groups in total. The molecule has 1 aromatic rings. The summed E-state index contributed by atoms with van der Waals surface area (Å²) in [5.74, 6) is -0.576. The molecule has 132 valence electrons. The van der Waals surface area contributed by atoms with Crippen LogP contribution in [0.2, 0.25) is 0 Å². The van der Waals surface area contributed by atoms with Crippen molar-refractivity contribution in [3.8, 4) is 0 Å². The first kappa shape index (κ1) is 18.6. The van der Waals surface area contributed by atoms with Crippen LogP contribution in [0.1, 0.15) is 25.3 Å². The fourth-order valence-electron chi connectivity index (χ4n) is 3.19. The third-order valence-electron chi connectivity index (χ3n) is 4.55. The van der Waals surface area contributed by atoms with Crippen molar-refractivity contribution in [2.24, 2.45) is 0 Å². The fourth-order valence-corrected chi connectivity index (χ4v) is 3.19. The predicted octanol–water partition coefficient (Wildman–Crippen LogP) is 0.432. The molecule has 24 heavy (non-hydrogen) atoms. The Balaban J connectivity index is 2.05. The number of rotatable bonds is 8. The predicted molar refractivity (Wildman–Crippen MR) is 90.6 cm³/mol. The first-order valence-electron chi connectivity index (χ1n) is 8.30. The van der Waals surface area contributed by atoms with E-state index in [1.54, 1.807) is 0 Å². The highest BCUT2D eigenvalue weighted by Crippen LogP contribution is 2.25. The number of Topliss-reactive ketones (excluding diaryl/α,β-unsaturated/α-hetero) is 1. The normalized spacial score (nSPS) is 22.8. The summed E-state index contributed by atoms with van der Waals surface area (Å²) in [5.41, 5.74) is 0.480. The quantitative estimate of drug-likeness (QED) is 0.598. The maximum absolute atomic E-state index is 12.9. The zero-order chi connectivity index (χ0) is 17.6. The van der Waals surface area contributed by atoms with Gasteiger partial charge in [-0.3, -0.25) is 14.9 Å². The van der Waals surface area contributed by atoms with Crippen molar-refractivity contribution in [3.63, 3.8) is 0 Å². The minimum Gasteiger partial charge on any atom is -0.468 e. The maximum atomic E-state index is 12.9. The van der Waals surface area contributed by atoms with E-state index in [2.05, 4.69) is 15.4 Å². The monoisotopic (exact) mass is 334 g/mol. The average Bonchev–Trinajstić information content (AvgIpc) is 3.05. The molecule has 6 nitrogen and oxygen atoms in total. The zero-order valence-corrected chi connectivity index (χ0v) is 14.2. The molecule has 1 aliphatic heterocycles. The highest BCUT2D eigenvalue weighted by atomic mass is 16.5. The first-order chi connectivity index (χ1) is 11.5. The molecule has 0 aliphatic carbocycles. The van der Waals surface area contributed by atoms with Crippen LogP contribution in [0.5, 0.6) is 0 Å². The summed E-state index contributed by atoms with van der Waals surface area (Å²) in [5, 5.41) is 15.9. The lowest BCUT2D eigenvalue weighted by Crippen LogP contribution is -2.56. The van der Waals surface area contributed by atoms with Crippen molar-refractivity contribution < 1.29 is 19.4 Å². The van der Waals surface area contributed by atoms with Gasteiger partial charge in [0.05, 0.1) is 25.3 Å². The lowest BCUT2D eigenvalue weighted by atomic mass is 9.85. The van der Waals surface area contributed by atoms with E-state index in [-0.39, 0.29) is 12.3 Å². The molecule has 0 amide bonds. The molecule has 1 unspecified atom stereocenters. The summed E-state index contributed by atoms with van der Waals surface area (Å²) >= 11 is 0. The van der Waals surface area contributed by atoms with E-state index < -0.39 is 23.7 Å². The molecule has 0 aromatic heterocycles. The van der Waals surface area contributed by atoms with Crippen molar-refractivity contribution in [3.05, 3.63) is 35.9 Å². The molecular weight excluding hydrogens is 308 g/mol. The van der Waals surface area contributed by atoms with E-state index in [4.69, 9.17) is 0 Å². The molecule has 6 heteroatoms. The molecule has 1 aromatic carbocycles. The van der Waals surface area contributed by atoms with Crippen molar-refractivity contribution in [2.45, 2.75) is 43.9 Å². The van der Waals surface area contributed by atoms with Crippen LogP contribution in [0.15, 0.2) is 30.3 Å². The van der Waals surface area contributed by atoms with Gasteiger partial charge in [0.1, 0.15) is 6.04 Å². The zero-order valence-electron chi connectivity index (χ0n) is 14.2. The Kier molecular flexibility index (Phi) is 6.48. The SMILES string of the molecule is COC(=O)[C@@H](NCC(=O)C1(Cc2ccccc2)CCCN1)[C@@H](C)O. The van der Waals surface area contributed by atoms with Crippen LogP contribution < -0.4 is 10.6 Å². The van der Waals surface area contributed by atoms with E-state index in [0.29, 0.717) is 6.42 Å². The number of methoxy groups -OCH3 is 1. The van der Waals surface area contributed by atoms with E-state index in [0.717, 1.165) is 24.9 Å². The standard InChI is InChI=1S/C18H26N2O4/c1-13(21)16(17(23)24-2)19-12-15(22)18(9-6-10-20-18)11-14-7-4-3-5-8-14/h3-5,7-8,13,16,19-21H,6,9-12H2,1-2H3/t13-,16+,18?/m1/s1. The Hall–Kier alpha value is -1.76. The molecule has 0 spiro atoms. The van der Waals surface area contributed by atoms with Crippen LogP contribution in [-0.4, -0.2) is 54.7 Å². The number of carbonyl (C=O) groups is 2. The molecule has 1 fully saturated rings. The molecule has 0 radical (unpaired) electrons. The fraction of sp³-hybridized carbons (Fsp3) is 0.556. The minimum absolute atomic E-state index is 0.00148. The molecule has 1 heterocycles. The number of ketones is 1. The topological polar surface area (TPSA) is 87.7 Å². The van der Waals surface area contributed by atoms with Gasteiger partial charge in [-0.2, -0.15) is 0 Å². The van der Waals surface area contributed by atoms with Crippen LogP contribution in [0.25, 0.3) is 0 Å². The Labute approximate surface area is 142 Å². The number of nitrogens with one attached hydrogen (secondary N) is 2. The lowest BCUT2D eigenvalue weighted by molar-refractivity contribution is -0.146. The summed E-state index contributed by atoms with van der Waals surface area (Å²) in [6, 6.07) is 8.98. The number of esters is 1. The molecule has 2 rings (SSSR count). The number of hydrogen-bond acceptors (Lipinski definition) is 6. The van der Waals surface area contributed by atoms with Gasteiger partial charge in [-0.1, -0.05) is 30.3 Å². The number of aliphatic hydroxyl groups excluding tert-OH is 1. The Morgan fingerprint density at radius 1 is 1.38 bits per heavy atom. The number of ether oxygens (including phenoxy) is 1. The van der Waals surface area contributed by atoms with E-state index in [1.807, 2.05) is 30.3 Å². The van der Waals surface area contributed by atoms with Gasteiger partial charge in [0.2, 0.25) is 0 Å². The third kappa shape index (κ3) is 4.41. The van der Waals surface area contributed by atoms with Gasteiger partial charge in [-0.15, -0.1) is 0 Å². The summed E-state index contributed by atoms with van der Waals surface area (Å²) in [6.07, 6.45) is 1.38. The molecule has 1 saturated heterocycles. The highest BCUT2D eigenvalue weighted by Gasteiger charge is 2.40. The minimum atomic E-state index is -0.938. The largest absolute Gasteiger partial charge is 0.468 e. The first-order valence-corrected chi connectivity index (χ1v) is 8.30. The van der Waals surface area contributed by atoms with Gasteiger partial charge in [-0.25, -0.2) is 0 Å². The van der Waals surface area contributed by atoms with Gasteiger partial charge in [0.25, 0.3) is 0 Å². The lowest BCUT2D eigenvalue weighted by Gasteiger charge is -2.29. The second-order valence-corrected chi connectivity index (χ2v) is 6.32. The van der Waals surface area contributed by atoms with Gasteiger partial charge < -0.3 is 15.2 Å². The highest BCUT2D eigenvalue weighted by molar-refractivity contribution is 5.91. The van der Waals surface area contributed by atoms with Crippen LogP contribution in [0.4, 0.5) is 0 Å². The van der Waals surface area contributed by atoms with Crippen molar-refractivity contribution in [2.75, 3.05) is 20.2 Å². The molecule has 0 saturated carbocycles. The Morgan fingerprint density at radius 3 is 2.62 bits per heavy atom. The average molecular weight is 334 g/mol. The van der Waals surface area contributed by atoms with E-state index >= 15 is 0 Å². The van der Waals surface area contributed by atoms with Gasteiger partial charge in [0.15, 0.2) is 5.78 Å². The van der Waals surface area contributed by atoms with Crippen LogP contribution in [-0.2, 0) is 20.7 Å². The van der Waals surface area contributed by atoms with Gasteiger partial charge >= 0.3 is 5.97 Å². The summed E-state index contributed by atoms with van der Waals surface area (Å²) in [6.45, 7) is 2.30. The van der Waals surface area contributed by atoms with Crippen LogP contribution in [0.3, 0.4) is 0 Å². The van der Waals surface area contributed by atoms with E-state index in [9.17, 15) is 14.7 Å². The van der Waals surface area contributed by atoms with Crippen molar-refractivity contribution >= 4 is 11.8 Å². The van der Waals surface area contributed by atoms with Gasteiger partial charge in [-0.05, 0) is 38.3 Å². The van der Waals surface area contributed by atoms with Crippen LogP contribution in [0, 0.1) is 0 Å². The molecule has 1 aliphatic rings. The molecule has 3 atom stereocenters. The second-order valence-electron chi connectivity index (χ2n) is 6.32. The van der Waals surface area contributed by atoms with Crippen molar-refractivity contribution in [1.29, 1.82) is 0 Å². The molecular formula is C18H26N2O4. The Bertz CT molecular complexity index is 553. The van der Waals surface area contributed by atoms with E-state index in [1.165, 1.54) is 14.0 Å². The third-order valence-corrected chi connectivity index (χ3v) is 4.55. The second kappa shape index (κ2) is 8.37. The Morgan fingerprint density at radius 2 is 2.08 bits per heavy atom. The number of benzene rings is 1. The number of aliphatic hydroxyl groups is 1. The number of hydrogen-bond donors (Lipinski definition) is 3. The number of carbonyl (C=O) groups excluding carboxylic acids is 2. The maximum Gasteiger partial charge on any atom is 0.325 e. The van der Waals surface area contributed by atoms with Crippen LogP contribution >= 0.6 is 0 Å². The smallest absolute Gasteiger partial charge is 0.325 e. The van der Waals surface area contributed by atoms with Crippen molar-refractivity contribution in [1.82, 2.24) is 10.6 Å². The summed E-state index contributed by atoms with van der Waals surface area (Å²) in [7, 11) is 1.26.